The number of fused-ring (bicyclic) bond motifs is 3. The third-order valence-electron chi connectivity index (χ3n) is 4.88. The van der Waals surface area contributed by atoms with Gasteiger partial charge in [-0.3, -0.25) is 4.99 Å². The predicted molar refractivity (Wildman–Crippen MR) is 107 cm³/mol. The molecular weight excluding hydrogens is 433 g/mol. The predicted octanol–water partition coefficient (Wildman–Crippen LogP) is 2.45. The largest absolute Gasteiger partial charge is 0.454 e. The van der Waals surface area contributed by atoms with Gasteiger partial charge in [0.15, 0.2) is 17.5 Å². The lowest BCUT2D eigenvalue weighted by Gasteiger charge is -2.22. The van der Waals surface area contributed by atoms with Crippen LogP contribution in [0.25, 0.3) is 0 Å². The van der Waals surface area contributed by atoms with Crippen LogP contribution in [0.4, 0.5) is 0 Å². The minimum absolute atomic E-state index is 0. The van der Waals surface area contributed by atoms with E-state index >= 15 is 0 Å². The second kappa shape index (κ2) is 8.44. The molecule has 3 aliphatic heterocycles. The zero-order valence-electron chi connectivity index (χ0n) is 14.5. The summed E-state index contributed by atoms with van der Waals surface area (Å²) >= 11 is 0. The molecule has 6 nitrogen and oxygen atoms in total. The Labute approximate surface area is 165 Å². The highest BCUT2D eigenvalue weighted by atomic mass is 127. The van der Waals surface area contributed by atoms with E-state index in [1.54, 1.807) is 0 Å². The van der Waals surface area contributed by atoms with Crippen molar-refractivity contribution in [2.75, 3.05) is 19.9 Å². The molecule has 0 aliphatic carbocycles. The van der Waals surface area contributed by atoms with Crippen molar-refractivity contribution >= 4 is 29.9 Å². The molecule has 0 spiro atoms. The summed E-state index contributed by atoms with van der Waals surface area (Å²) in [6, 6.07) is 6.49. The Hall–Kier alpha value is -1.22. The molecule has 2 N–H and O–H groups in total. The quantitative estimate of drug-likeness (QED) is 0.403. The molecule has 2 fully saturated rings. The molecule has 2 saturated heterocycles. The van der Waals surface area contributed by atoms with Crippen LogP contribution < -0.4 is 20.1 Å². The molecule has 4 rings (SSSR count). The van der Waals surface area contributed by atoms with Crippen LogP contribution in [0.5, 0.6) is 11.5 Å². The Kier molecular flexibility index (Phi) is 6.27. The molecule has 1 aromatic carbocycles. The number of rotatable bonds is 5. The van der Waals surface area contributed by atoms with Crippen molar-refractivity contribution < 1.29 is 14.2 Å². The molecule has 138 valence electrons. The number of benzene rings is 1. The Bertz CT molecular complexity index is 626. The summed E-state index contributed by atoms with van der Waals surface area (Å²) in [6.07, 6.45) is 5.15. The summed E-state index contributed by atoms with van der Waals surface area (Å²) in [5.74, 6) is 2.55. The van der Waals surface area contributed by atoms with E-state index in [1.807, 2.05) is 12.1 Å². The van der Waals surface area contributed by atoms with Crippen molar-refractivity contribution in [3.8, 4) is 11.5 Å². The Morgan fingerprint density at radius 3 is 2.88 bits per heavy atom. The fourth-order valence-electron chi connectivity index (χ4n) is 3.68. The van der Waals surface area contributed by atoms with Crippen molar-refractivity contribution in [2.24, 2.45) is 4.99 Å². The highest BCUT2D eigenvalue weighted by molar-refractivity contribution is 14.0. The number of halogens is 1. The van der Waals surface area contributed by atoms with Gasteiger partial charge in [0.1, 0.15) is 0 Å². The number of hydrogen-bond donors (Lipinski definition) is 2. The van der Waals surface area contributed by atoms with Crippen LogP contribution in [-0.2, 0) is 11.2 Å². The summed E-state index contributed by atoms with van der Waals surface area (Å²) < 4.78 is 16.7. The third-order valence-corrected chi connectivity index (χ3v) is 4.88. The zero-order chi connectivity index (χ0) is 16.4. The van der Waals surface area contributed by atoms with Gasteiger partial charge in [-0.15, -0.1) is 24.0 Å². The molecule has 0 saturated carbocycles. The van der Waals surface area contributed by atoms with E-state index in [0.29, 0.717) is 25.0 Å². The topological polar surface area (TPSA) is 64.1 Å². The Balaban J connectivity index is 0.00000182. The lowest BCUT2D eigenvalue weighted by molar-refractivity contribution is 0.0992. The van der Waals surface area contributed by atoms with Crippen LogP contribution in [0.15, 0.2) is 23.2 Å². The molecule has 7 heteroatoms. The number of ether oxygens (including phenoxy) is 3. The summed E-state index contributed by atoms with van der Waals surface area (Å²) in [6.45, 7) is 4.00. The molecule has 3 heterocycles. The van der Waals surface area contributed by atoms with Crippen LogP contribution in [0, 0.1) is 0 Å². The van der Waals surface area contributed by atoms with Crippen LogP contribution in [0.2, 0.25) is 0 Å². The fraction of sp³-hybridized carbons (Fsp3) is 0.611. The smallest absolute Gasteiger partial charge is 0.231 e. The maximum atomic E-state index is 5.91. The van der Waals surface area contributed by atoms with Gasteiger partial charge in [-0.25, -0.2) is 0 Å². The maximum absolute atomic E-state index is 5.91. The number of hydrogen-bond acceptors (Lipinski definition) is 4. The average Bonchev–Trinajstić information content (AvgIpc) is 3.31. The standard InChI is InChI=1S/C18H25N3O3.HI/c1-2-19-18(21-14-10-13-4-6-15(14)24-13)20-8-7-12-3-5-16-17(9-12)23-11-22-16;/h3,5,9,13-15H,2,4,6-8,10-11H2,1H3,(H2,19,20,21);1H. The van der Waals surface area contributed by atoms with E-state index in [2.05, 4.69) is 23.6 Å². The summed E-state index contributed by atoms with van der Waals surface area (Å²) in [4.78, 5) is 4.72. The number of guanidine groups is 1. The average molecular weight is 459 g/mol. The van der Waals surface area contributed by atoms with Crippen LogP contribution in [0.3, 0.4) is 0 Å². The van der Waals surface area contributed by atoms with Gasteiger partial charge in [0, 0.05) is 13.1 Å². The molecule has 2 bridgehead atoms. The van der Waals surface area contributed by atoms with Crippen molar-refractivity contribution in [1.29, 1.82) is 0 Å². The van der Waals surface area contributed by atoms with Crippen LogP contribution in [-0.4, -0.2) is 44.1 Å². The van der Waals surface area contributed by atoms with Crippen molar-refractivity contribution in [1.82, 2.24) is 10.6 Å². The summed E-state index contributed by atoms with van der Waals surface area (Å²) in [5, 5.41) is 6.88. The lowest BCUT2D eigenvalue weighted by atomic mass is 9.96. The van der Waals surface area contributed by atoms with E-state index in [0.717, 1.165) is 43.4 Å². The van der Waals surface area contributed by atoms with Gasteiger partial charge in [0.2, 0.25) is 6.79 Å². The fourth-order valence-corrected chi connectivity index (χ4v) is 3.68. The third kappa shape index (κ3) is 4.31. The first kappa shape index (κ1) is 18.6. The van der Waals surface area contributed by atoms with Gasteiger partial charge in [-0.1, -0.05) is 6.07 Å². The van der Waals surface area contributed by atoms with Crippen molar-refractivity contribution in [3.63, 3.8) is 0 Å². The van der Waals surface area contributed by atoms with E-state index in [1.165, 1.54) is 18.4 Å². The highest BCUT2D eigenvalue weighted by Crippen LogP contribution is 2.34. The monoisotopic (exact) mass is 459 g/mol. The van der Waals surface area contributed by atoms with Gasteiger partial charge in [0.05, 0.1) is 18.2 Å². The summed E-state index contributed by atoms with van der Waals surface area (Å²) in [7, 11) is 0. The number of aliphatic imine (C=N–C) groups is 1. The molecule has 0 radical (unpaired) electrons. The molecule has 0 amide bonds. The van der Waals surface area contributed by atoms with Gasteiger partial charge < -0.3 is 24.8 Å². The van der Waals surface area contributed by atoms with Gasteiger partial charge in [0.25, 0.3) is 0 Å². The minimum Gasteiger partial charge on any atom is -0.454 e. The zero-order valence-corrected chi connectivity index (χ0v) is 16.8. The normalized spacial score (nSPS) is 26.4. The first-order chi connectivity index (χ1) is 11.8. The van der Waals surface area contributed by atoms with Crippen molar-refractivity contribution in [2.45, 2.75) is 50.9 Å². The molecule has 1 aromatic rings. The molecule has 0 aromatic heterocycles. The Morgan fingerprint density at radius 1 is 1.24 bits per heavy atom. The number of nitrogens with one attached hydrogen (secondary N) is 2. The molecule has 3 unspecified atom stereocenters. The molecule has 3 aliphatic rings. The van der Waals surface area contributed by atoms with E-state index in [4.69, 9.17) is 19.2 Å². The first-order valence-corrected chi connectivity index (χ1v) is 8.90. The minimum atomic E-state index is 0. The number of nitrogens with zero attached hydrogens (tertiary/aromatic N) is 1. The molecular formula is C18H26IN3O3. The van der Waals surface area contributed by atoms with Crippen molar-refractivity contribution in [3.05, 3.63) is 23.8 Å². The van der Waals surface area contributed by atoms with Gasteiger partial charge >= 0.3 is 0 Å². The highest BCUT2D eigenvalue weighted by Gasteiger charge is 2.41. The van der Waals surface area contributed by atoms with Gasteiger partial charge in [-0.2, -0.15) is 0 Å². The lowest BCUT2D eigenvalue weighted by Crippen LogP contribution is -2.47. The Morgan fingerprint density at radius 2 is 2.12 bits per heavy atom. The first-order valence-electron chi connectivity index (χ1n) is 8.90. The van der Waals surface area contributed by atoms with E-state index < -0.39 is 0 Å². The summed E-state index contributed by atoms with van der Waals surface area (Å²) in [5.41, 5.74) is 1.21. The SMILES string of the molecule is CCNC(=NCCc1ccc2c(c1)OCO2)NC1CC2CCC1O2.I. The second-order valence-corrected chi connectivity index (χ2v) is 6.56. The molecule has 25 heavy (non-hydrogen) atoms. The molecule has 3 atom stereocenters. The van der Waals surface area contributed by atoms with Crippen LogP contribution in [0.1, 0.15) is 31.7 Å². The van der Waals surface area contributed by atoms with E-state index in [-0.39, 0.29) is 24.0 Å². The van der Waals surface area contributed by atoms with Gasteiger partial charge in [-0.05, 0) is 50.3 Å². The second-order valence-electron chi connectivity index (χ2n) is 6.56. The van der Waals surface area contributed by atoms with Crippen LogP contribution >= 0.6 is 24.0 Å². The maximum Gasteiger partial charge on any atom is 0.231 e. The van der Waals surface area contributed by atoms with E-state index in [9.17, 15) is 0 Å².